The van der Waals surface area contributed by atoms with Crippen molar-refractivity contribution >= 4 is 27.8 Å². The van der Waals surface area contributed by atoms with Crippen LogP contribution in [-0.2, 0) is 17.9 Å². The van der Waals surface area contributed by atoms with Crippen molar-refractivity contribution in [1.82, 2.24) is 24.3 Å². The molecule has 0 atom stereocenters. The number of aryl methyl sites for hydroxylation is 1. The number of carbonyl (C=O) groups excluding carboxylic acids is 1. The van der Waals surface area contributed by atoms with Gasteiger partial charge in [-0.05, 0) is 36.8 Å². The third kappa shape index (κ3) is 3.67. The summed E-state index contributed by atoms with van der Waals surface area (Å²) in [5.74, 6) is 1.50. The second-order valence-electron chi connectivity index (χ2n) is 8.92. The third-order valence-electron chi connectivity index (χ3n) is 6.60. The molecule has 0 unspecified atom stereocenters. The van der Waals surface area contributed by atoms with Crippen molar-refractivity contribution < 1.29 is 14.3 Å². The lowest BCUT2D eigenvalue weighted by atomic mass is 10.1. The number of fused-ring (bicyclic) bond motifs is 4. The highest BCUT2D eigenvalue weighted by atomic mass is 16.7. The van der Waals surface area contributed by atoms with E-state index in [0.717, 1.165) is 53.2 Å². The van der Waals surface area contributed by atoms with E-state index >= 15 is 0 Å². The summed E-state index contributed by atoms with van der Waals surface area (Å²) in [6, 6.07) is 12.0. The normalized spacial score (nSPS) is 16.0. The molecule has 9 heteroatoms. The summed E-state index contributed by atoms with van der Waals surface area (Å²) in [7, 11) is 0. The minimum Gasteiger partial charge on any atom is -0.454 e. The van der Waals surface area contributed by atoms with Crippen LogP contribution in [0.4, 0.5) is 0 Å². The zero-order valence-corrected chi connectivity index (χ0v) is 18.9. The van der Waals surface area contributed by atoms with Gasteiger partial charge in [0.05, 0.1) is 6.33 Å². The number of amides is 1. The van der Waals surface area contributed by atoms with Crippen LogP contribution in [0.15, 0.2) is 47.5 Å². The highest BCUT2D eigenvalue weighted by Gasteiger charge is 2.23. The first kappa shape index (κ1) is 20.7. The van der Waals surface area contributed by atoms with Crippen LogP contribution in [-0.4, -0.2) is 63.2 Å². The van der Waals surface area contributed by atoms with E-state index in [-0.39, 0.29) is 24.8 Å². The molecule has 2 aliphatic rings. The Morgan fingerprint density at radius 2 is 1.88 bits per heavy atom. The van der Waals surface area contributed by atoms with E-state index in [2.05, 4.69) is 14.9 Å². The molecule has 9 nitrogen and oxygen atoms in total. The highest BCUT2D eigenvalue weighted by Crippen LogP contribution is 2.32. The van der Waals surface area contributed by atoms with E-state index in [1.165, 1.54) is 10.9 Å². The second kappa shape index (κ2) is 8.18. The first-order valence-corrected chi connectivity index (χ1v) is 11.4. The molecular formula is C25H25N5O4. The average Bonchev–Trinajstić information content (AvgIpc) is 3.45. The van der Waals surface area contributed by atoms with Gasteiger partial charge in [-0.2, -0.15) is 0 Å². The maximum absolute atomic E-state index is 13.0. The Labute approximate surface area is 195 Å². The van der Waals surface area contributed by atoms with Crippen LogP contribution in [0.2, 0.25) is 0 Å². The summed E-state index contributed by atoms with van der Waals surface area (Å²) in [4.78, 5) is 37.8. The van der Waals surface area contributed by atoms with Gasteiger partial charge in [0.2, 0.25) is 12.7 Å². The first-order chi connectivity index (χ1) is 16.5. The van der Waals surface area contributed by atoms with Gasteiger partial charge in [0, 0.05) is 43.6 Å². The fraction of sp³-hybridized carbons (Fsp3) is 0.320. The Morgan fingerprint density at radius 1 is 1.06 bits per heavy atom. The molecule has 0 aliphatic carbocycles. The van der Waals surface area contributed by atoms with Gasteiger partial charge in [0.15, 0.2) is 11.5 Å². The average molecular weight is 460 g/mol. The fourth-order valence-electron chi connectivity index (χ4n) is 4.72. The van der Waals surface area contributed by atoms with Crippen LogP contribution in [0.1, 0.15) is 11.1 Å². The van der Waals surface area contributed by atoms with Crippen molar-refractivity contribution in [3.8, 4) is 11.5 Å². The van der Waals surface area contributed by atoms with Crippen molar-refractivity contribution in [3.05, 3.63) is 64.2 Å². The van der Waals surface area contributed by atoms with Gasteiger partial charge in [-0.1, -0.05) is 17.7 Å². The molecule has 0 saturated carbocycles. The maximum Gasteiger partial charge on any atom is 0.278 e. The Hall–Kier alpha value is -3.85. The lowest BCUT2D eigenvalue weighted by molar-refractivity contribution is -0.133. The van der Waals surface area contributed by atoms with Crippen LogP contribution in [0.5, 0.6) is 11.5 Å². The molecule has 4 aromatic rings. The summed E-state index contributed by atoms with van der Waals surface area (Å²) in [5, 5.41) is 0.921. The van der Waals surface area contributed by atoms with Crippen LogP contribution in [0, 0.1) is 6.92 Å². The van der Waals surface area contributed by atoms with E-state index < -0.39 is 0 Å². The number of ether oxygens (including phenoxy) is 2. The quantitative estimate of drug-likeness (QED) is 0.503. The van der Waals surface area contributed by atoms with E-state index in [9.17, 15) is 9.59 Å². The van der Waals surface area contributed by atoms with Crippen molar-refractivity contribution in [3.63, 3.8) is 0 Å². The summed E-state index contributed by atoms with van der Waals surface area (Å²) in [5.41, 5.74) is 3.98. The maximum atomic E-state index is 13.0. The van der Waals surface area contributed by atoms with Gasteiger partial charge >= 0.3 is 0 Å². The number of hydrogen-bond donors (Lipinski definition) is 1. The molecular weight excluding hydrogens is 434 g/mol. The van der Waals surface area contributed by atoms with E-state index in [4.69, 9.17) is 9.47 Å². The van der Waals surface area contributed by atoms with E-state index in [1.54, 1.807) is 0 Å². The monoisotopic (exact) mass is 459 g/mol. The van der Waals surface area contributed by atoms with Crippen molar-refractivity contribution in [2.24, 2.45) is 0 Å². The fourth-order valence-corrected chi connectivity index (χ4v) is 4.72. The largest absolute Gasteiger partial charge is 0.454 e. The van der Waals surface area contributed by atoms with Crippen molar-refractivity contribution in [1.29, 1.82) is 0 Å². The molecule has 34 heavy (non-hydrogen) atoms. The van der Waals surface area contributed by atoms with Crippen LogP contribution in [0.25, 0.3) is 21.9 Å². The Morgan fingerprint density at radius 3 is 2.74 bits per heavy atom. The van der Waals surface area contributed by atoms with Crippen LogP contribution >= 0.6 is 0 Å². The second-order valence-corrected chi connectivity index (χ2v) is 8.92. The molecule has 1 saturated heterocycles. The number of aromatic amines is 1. The van der Waals surface area contributed by atoms with Crippen LogP contribution in [0.3, 0.4) is 0 Å². The van der Waals surface area contributed by atoms with E-state index in [1.807, 2.05) is 48.2 Å². The molecule has 4 heterocycles. The molecule has 1 N–H and O–H groups in total. The van der Waals surface area contributed by atoms with Gasteiger partial charge in [0.25, 0.3) is 5.56 Å². The number of carbonyl (C=O) groups is 1. The number of rotatable bonds is 4. The molecule has 1 amide bonds. The molecule has 1 fully saturated rings. The predicted octanol–water partition coefficient (Wildman–Crippen LogP) is 2.26. The minimum atomic E-state index is -0.228. The summed E-state index contributed by atoms with van der Waals surface area (Å²) in [6.45, 7) is 5.84. The smallest absolute Gasteiger partial charge is 0.278 e. The highest BCUT2D eigenvalue weighted by molar-refractivity contribution is 6.04. The lowest BCUT2D eigenvalue weighted by Crippen LogP contribution is -2.49. The SMILES string of the molecule is Cc1ccc2[nH]c3c(=O)n(CC(=O)N4CCN(Cc5ccc6c(c5)OCO6)CC4)cnc3c2c1. The zero-order valence-electron chi connectivity index (χ0n) is 18.9. The molecule has 174 valence electrons. The van der Waals surface area contributed by atoms with Gasteiger partial charge in [0.1, 0.15) is 17.6 Å². The molecule has 2 aromatic heterocycles. The molecule has 2 aliphatic heterocycles. The molecule has 0 spiro atoms. The van der Waals surface area contributed by atoms with Gasteiger partial charge in [-0.25, -0.2) is 4.98 Å². The molecule has 6 rings (SSSR count). The third-order valence-corrected chi connectivity index (χ3v) is 6.60. The number of hydrogen-bond acceptors (Lipinski definition) is 6. The topological polar surface area (TPSA) is 92.7 Å². The number of nitrogens with zero attached hydrogens (tertiary/aromatic N) is 4. The van der Waals surface area contributed by atoms with Crippen molar-refractivity contribution in [2.75, 3.05) is 33.0 Å². The number of benzene rings is 2. The summed E-state index contributed by atoms with van der Waals surface area (Å²) >= 11 is 0. The minimum absolute atomic E-state index is 0.0155. The zero-order chi connectivity index (χ0) is 23.2. The first-order valence-electron chi connectivity index (χ1n) is 11.4. The van der Waals surface area contributed by atoms with Crippen molar-refractivity contribution in [2.45, 2.75) is 20.0 Å². The summed E-state index contributed by atoms with van der Waals surface area (Å²) < 4.78 is 12.2. The van der Waals surface area contributed by atoms with Gasteiger partial charge in [-0.15, -0.1) is 0 Å². The number of aromatic nitrogens is 3. The van der Waals surface area contributed by atoms with Gasteiger partial charge in [-0.3, -0.25) is 19.1 Å². The Balaban J connectivity index is 1.11. The number of H-pyrrole nitrogens is 1. The molecule has 2 aromatic carbocycles. The standard InChI is InChI=1S/C25H25N5O4/c1-16-2-4-19-18(10-16)23-24(27-19)25(32)30(14-26-23)13-22(31)29-8-6-28(7-9-29)12-17-3-5-20-21(11-17)34-15-33-20/h2-5,10-11,14,27H,6-9,12-13,15H2,1H3. The van der Waals surface area contributed by atoms with E-state index in [0.29, 0.717) is 24.1 Å². The molecule has 0 bridgehead atoms. The predicted molar refractivity (Wildman–Crippen MR) is 127 cm³/mol. The van der Waals surface area contributed by atoms with Gasteiger partial charge < -0.3 is 19.4 Å². The number of nitrogens with one attached hydrogen (secondary N) is 1. The molecule has 0 radical (unpaired) electrons. The Bertz CT molecular complexity index is 1470. The number of piperazine rings is 1. The van der Waals surface area contributed by atoms with Crippen LogP contribution < -0.4 is 15.0 Å². The Kier molecular flexibility index (Phi) is 4.99. The summed E-state index contributed by atoms with van der Waals surface area (Å²) in [6.07, 6.45) is 1.48. The lowest BCUT2D eigenvalue weighted by Gasteiger charge is -2.34.